The van der Waals surface area contributed by atoms with E-state index in [4.69, 9.17) is 5.73 Å². The van der Waals surface area contributed by atoms with Gasteiger partial charge in [0.25, 0.3) is 0 Å². The minimum absolute atomic E-state index is 0. The first-order valence-corrected chi connectivity index (χ1v) is 6.99. The first kappa shape index (κ1) is 17.6. The zero-order valence-electron chi connectivity index (χ0n) is 11.4. The second-order valence-electron chi connectivity index (χ2n) is 5.70. The molecular weight excluding hydrogens is 293 g/mol. The first-order chi connectivity index (χ1) is 8.93. The largest absolute Gasteiger partial charge is 0.393 e. The van der Waals surface area contributed by atoms with Crippen LogP contribution >= 0.6 is 12.4 Å². The molecule has 1 amide bonds. The van der Waals surface area contributed by atoms with Crippen LogP contribution < -0.4 is 5.73 Å². The molecule has 1 aliphatic heterocycles. The highest BCUT2D eigenvalue weighted by atomic mass is 35.5. The van der Waals surface area contributed by atoms with E-state index >= 15 is 0 Å². The number of hydrogen-bond acceptors (Lipinski definition) is 2. The molecule has 7 heteroatoms. The van der Waals surface area contributed by atoms with Crippen molar-refractivity contribution in [1.29, 1.82) is 0 Å². The van der Waals surface area contributed by atoms with Gasteiger partial charge in [0.05, 0.1) is 5.92 Å². The van der Waals surface area contributed by atoms with Gasteiger partial charge in [-0.1, -0.05) is 6.42 Å². The summed E-state index contributed by atoms with van der Waals surface area (Å²) in [5, 5.41) is 0. The van der Waals surface area contributed by atoms with E-state index in [0.29, 0.717) is 19.5 Å². The number of alkyl halides is 3. The second kappa shape index (κ2) is 6.98. The zero-order valence-corrected chi connectivity index (χ0v) is 12.2. The standard InChI is InChI=1S/C13H21F3N2O.ClH/c14-13(15,16)10-4-2-6-18(8-10)12(19)11-5-1-3-9(11)7-17;/h9-11H,1-8,17H2;1H/t9-,10?,11-;/m1./s1. The molecule has 2 aliphatic rings. The van der Waals surface area contributed by atoms with Gasteiger partial charge in [0.2, 0.25) is 5.91 Å². The average molecular weight is 315 g/mol. The highest BCUT2D eigenvalue weighted by Gasteiger charge is 2.44. The number of amides is 1. The van der Waals surface area contributed by atoms with Crippen LogP contribution in [0.25, 0.3) is 0 Å². The van der Waals surface area contributed by atoms with Gasteiger partial charge in [-0.05, 0) is 38.1 Å². The van der Waals surface area contributed by atoms with Gasteiger partial charge in [-0.2, -0.15) is 13.2 Å². The molecule has 1 aliphatic carbocycles. The molecule has 0 bridgehead atoms. The Labute approximate surface area is 123 Å². The number of rotatable bonds is 2. The summed E-state index contributed by atoms with van der Waals surface area (Å²) >= 11 is 0. The van der Waals surface area contributed by atoms with Crippen molar-refractivity contribution in [1.82, 2.24) is 4.90 Å². The molecule has 1 heterocycles. The van der Waals surface area contributed by atoms with Crippen LogP contribution in [0.2, 0.25) is 0 Å². The van der Waals surface area contributed by atoms with E-state index in [9.17, 15) is 18.0 Å². The first-order valence-electron chi connectivity index (χ1n) is 6.99. The third-order valence-corrected chi connectivity index (χ3v) is 4.47. The third-order valence-electron chi connectivity index (χ3n) is 4.47. The Bertz CT molecular complexity index is 338. The molecular formula is C13H22ClF3N2O. The number of carbonyl (C=O) groups is 1. The molecule has 20 heavy (non-hydrogen) atoms. The van der Waals surface area contributed by atoms with Gasteiger partial charge < -0.3 is 10.6 Å². The van der Waals surface area contributed by atoms with Crippen LogP contribution in [0.4, 0.5) is 13.2 Å². The van der Waals surface area contributed by atoms with E-state index in [-0.39, 0.29) is 43.1 Å². The number of nitrogens with two attached hydrogens (primary N) is 1. The summed E-state index contributed by atoms with van der Waals surface area (Å²) in [5.74, 6) is -1.47. The van der Waals surface area contributed by atoms with Gasteiger partial charge in [-0.3, -0.25) is 4.79 Å². The highest BCUT2D eigenvalue weighted by molar-refractivity contribution is 5.85. The minimum Gasteiger partial charge on any atom is -0.342 e. The van der Waals surface area contributed by atoms with Crippen molar-refractivity contribution < 1.29 is 18.0 Å². The number of hydrogen-bond donors (Lipinski definition) is 1. The van der Waals surface area contributed by atoms with Crippen molar-refractivity contribution in [3.63, 3.8) is 0 Å². The Kier molecular flexibility index (Phi) is 6.13. The molecule has 0 radical (unpaired) electrons. The maximum Gasteiger partial charge on any atom is 0.393 e. The van der Waals surface area contributed by atoms with E-state index in [2.05, 4.69) is 0 Å². The fourth-order valence-electron chi connectivity index (χ4n) is 3.32. The maximum atomic E-state index is 12.7. The van der Waals surface area contributed by atoms with Gasteiger partial charge in [0.15, 0.2) is 0 Å². The summed E-state index contributed by atoms with van der Waals surface area (Å²) < 4.78 is 38.2. The number of likely N-dealkylation sites (tertiary alicyclic amines) is 1. The number of carbonyl (C=O) groups excluding carboxylic acids is 1. The Balaban J connectivity index is 0.00000200. The monoisotopic (exact) mass is 314 g/mol. The van der Waals surface area contributed by atoms with Crippen molar-refractivity contribution in [2.75, 3.05) is 19.6 Å². The van der Waals surface area contributed by atoms with Crippen LogP contribution in [0.15, 0.2) is 0 Å². The lowest BCUT2D eigenvalue weighted by Crippen LogP contribution is -2.47. The Morgan fingerprint density at radius 1 is 1.20 bits per heavy atom. The van der Waals surface area contributed by atoms with Crippen LogP contribution in [-0.2, 0) is 4.79 Å². The SMILES string of the molecule is Cl.NC[C@H]1CCC[C@H]1C(=O)N1CCCC(C(F)(F)F)C1. The second-order valence-corrected chi connectivity index (χ2v) is 5.70. The Morgan fingerprint density at radius 2 is 1.90 bits per heavy atom. The van der Waals surface area contributed by atoms with Crippen molar-refractivity contribution in [3.8, 4) is 0 Å². The van der Waals surface area contributed by atoms with Gasteiger partial charge >= 0.3 is 6.18 Å². The fourth-order valence-corrected chi connectivity index (χ4v) is 3.32. The lowest BCUT2D eigenvalue weighted by molar-refractivity contribution is -0.188. The average Bonchev–Trinajstić information content (AvgIpc) is 2.85. The lowest BCUT2D eigenvalue weighted by Gasteiger charge is -2.36. The quantitative estimate of drug-likeness (QED) is 0.851. The Hall–Kier alpha value is -0.490. The van der Waals surface area contributed by atoms with Crippen LogP contribution in [0.5, 0.6) is 0 Å². The molecule has 2 rings (SSSR count). The summed E-state index contributed by atoms with van der Waals surface area (Å²) in [5.41, 5.74) is 5.64. The van der Waals surface area contributed by atoms with E-state index in [1.165, 1.54) is 4.90 Å². The van der Waals surface area contributed by atoms with E-state index < -0.39 is 12.1 Å². The molecule has 0 aromatic carbocycles. The van der Waals surface area contributed by atoms with Crippen LogP contribution in [0.3, 0.4) is 0 Å². The number of nitrogens with zero attached hydrogens (tertiary/aromatic N) is 1. The van der Waals surface area contributed by atoms with Crippen LogP contribution in [-0.4, -0.2) is 36.6 Å². The van der Waals surface area contributed by atoms with Gasteiger partial charge in [-0.15, -0.1) is 12.4 Å². The minimum atomic E-state index is -4.19. The molecule has 1 saturated carbocycles. The van der Waals surface area contributed by atoms with Crippen molar-refractivity contribution >= 4 is 18.3 Å². The molecule has 3 nitrogen and oxygen atoms in total. The van der Waals surface area contributed by atoms with Crippen molar-refractivity contribution in [2.45, 2.75) is 38.3 Å². The smallest absolute Gasteiger partial charge is 0.342 e. The van der Waals surface area contributed by atoms with Gasteiger partial charge in [0, 0.05) is 19.0 Å². The summed E-state index contributed by atoms with van der Waals surface area (Å²) in [4.78, 5) is 13.8. The summed E-state index contributed by atoms with van der Waals surface area (Å²) in [6.07, 6.45) is -0.970. The van der Waals surface area contributed by atoms with Crippen molar-refractivity contribution in [2.24, 2.45) is 23.5 Å². The summed E-state index contributed by atoms with van der Waals surface area (Å²) in [7, 11) is 0. The van der Waals surface area contributed by atoms with E-state index in [1.54, 1.807) is 0 Å². The van der Waals surface area contributed by atoms with Crippen LogP contribution in [0, 0.1) is 17.8 Å². The Morgan fingerprint density at radius 3 is 2.50 bits per heavy atom. The molecule has 118 valence electrons. The van der Waals surface area contributed by atoms with Gasteiger partial charge in [-0.25, -0.2) is 0 Å². The number of halogens is 4. The molecule has 3 atom stereocenters. The summed E-state index contributed by atoms with van der Waals surface area (Å²) in [6.45, 7) is 0.738. The lowest BCUT2D eigenvalue weighted by atomic mass is 9.91. The normalized spacial score (nSPS) is 31.0. The summed E-state index contributed by atoms with van der Waals surface area (Å²) in [6, 6.07) is 0. The van der Waals surface area contributed by atoms with Gasteiger partial charge in [0.1, 0.15) is 0 Å². The zero-order chi connectivity index (χ0) is 14.0. The third kappa shape index (κ3) is 3.79. The maximum absolute atomic E-state index is 12.7. The number of piperidine rings is 1. The topological polar surface area (TPSA) is 46.3 Å². The molecule has 0 spiro atoms. The predicted molar refractivity (Wildman–Crippen MR) is 72.5 cm³/mol. The molecule has 2 fully saturated rings. The van der Waals surface area contributed by atoms with E-state index in [0.717, 1.165) is 19.3 Å². The molecule has 1 unspecified atom stereocenters. The molecule has 0 aromatic heterocycles. The fraction of sp³-hybridized carbons (Fsp3) is 0.923. The molecule has 0 aromatic rings. The van der Waals surface area contributed by atoms with Crippen molar-refractivity contribution in [3.05, 3.63) is 0 Å². The predicted octanol–water partition coefficient (Wildman–Crippen LogP) is 2.58. The van der Waals surface area contributed by atoms with Crippen LogP contribution in [0.1, 0.15) is 32.1 Å². The molecule has 1 saturated heterocycles. The molecule has 2 N–H and O–H groups in total. The highest BCUT2D eigenvalue weighted by Crippen LogP contribution is 2.36. The van der Waals surface area contributed by atoms with E-state index in [1.807, 2.05) is 0 Å².